The summed E-state index contributed by atoms with van der Waals surface area (Å²) in [5.41, 5.74) is 25.8. The molecule has 2 aromatic rings. The van der Waals surface area contributed by atoms with E-state index in [1.807, 2.05) is 0 Å². The van der Waals surface area contributed by atoms with E-state index in [2.05, 4.69) is 106 Å². The molecule has 2 nitrogen and oxygen atoms in total. The number of aryl methyl sites for hydroxylation is 4. The van der Waals surface area contributed by atoms with Gasteiger partial charge in [0.2, 0.25) is 11.4 Å². The van der Waals surface area contributed by atoms with Crippen LogP contribution in [0.4, 0.5) is 0 Å². The molecule has 1 aliphatic heterocycles. The zero-order chi connectivity index (χ0) is 44.2. The van der Waals surface area contributed by atoms with Crippen LogP contribution in [0.5, 0.6) is 0 Å². The summed E-state index contributed by atoms with van der Waals surface area (Å²) in [4.78, 5) is 0. The number of hydrogen-bond acceptors (Lipinski definition) is 0. The molecule has 0 aromatic heterocycles. The average molecular weight is 882 g/mol. The average Bonchev–Trinajstić information content (AvgIpc) is 3.54. The minimum Gasteiger partial charge on any atom is -0.493 e. The van der Waals surface area contributed by atoms with Crippen LogP contribution in [0.1, 0.15) is 269 Å². The van der Waals surface area contributed by atoms with E-state index >= 15 is 0 Å². The third kappa shape index (κ3) is 24.6. The largest absolute Gasteiger partial charge is 2.00 e. The predicted molar refractivity (Wildman–Crippen MR) is 271 cm³/mol. The van der Waals surface area contributed by atoms with E-state index < -0.39 is 0 Å². The normalized spacial score (nSPS) is 12.3. The summed E-state index contributed by atoms with van der Waals surface area (Å²) >= 11 is 0. The third-order valence-electron chi connectivity index (χ3n) is 12.1. The summed E-state index contributed by atoms with van der Waals surface area (Å²) < 4.78 is 1.68. The fraction of sp³-hybridized carbons (Fsp3) is 0.690. The summed E-state index contributed by atoms with van der Waals surface area (Å²) in [6, 6.07) is 14.8. The molecule has 1 aliphatic rings. The summed E-state index contributed by atoms with van der Waals surface area (Å²) in [5.74, 6) is 0. The molecule has 61 heavy (non-hydrogen) atoms. The molecule has 2 aromatic carbocycles. The van der Waals surface area contributed by atoms with Gasteiger partial charge in [-0.2, -0.15) is 12.8 Å². The van der Waals surface area contributed by atoms with Gasteiger partial charge >= 0.3 is 16.5 Å². The SMILES string of the molecule is CCCCCCCCc1cc(CCCCCCCC)cc(C2=C(CCCC)C(CCCC)=C(c3cc(CCCCC)cc(CCCCC)c3)[N+]2=[N-])c1.[CH2-]CCC.[CH2-]CCC.[Ni+2]. The zero-order valence-corrected chi connectivity index (χ0v) is 42.7. The molecule has 3 heteroatoms. The van der Waals surface area contributed by atoms with E-state index in [4.69, 9.17) is 0 Å². The second-order valence-corrected chi connectivity index (χ2v) is 17.9. The molecule has 3 rings (SSSR count). The van der Waals surface area contributed by atoms with Gasteiger partial charge in [0.05, 0.1) is 0 Å². The van der Waals surface area contributed by atoms with Crippen LogP contribution < -0.4 is 0 Å². The Morgan fingerprint density at radius 2 is 0.590 bits per heavy atom. The van der Waals surface area contributed by atoms with Gasteiger partial charge in [-0.1, -0.05) is 183 Å². The van der Waals surface area contributed by atoms with Crippen LogP contribution in [-0.2, 0) is 42.2 Å². The molecular formula is C58H98N2Ni. The molecule has 0 radical (unpaired) electrons. The van der Waals surface area contributed by atoms with Crippen molar-refractivity contribution in [3.05, 3.63) is 100 Å². The van der Waals surface area contributed by atoms with Gasteiger partial charge in [-0.3, -0.25) is 0 Å². The fourth-order valence-electron chi connectivity index (χ4n) is 8.25. The Balaban J connectivity index is 0.00000366. The van der Waals surface area contributed by atoms with Crippen molar-refractivity contribution in [2.75, 3.05) is 0 Å². The first-order valence-corrected chi connectivity index (χ1v) is 26.1. The van der Waals surface area contributed by atoms with Gasteiger partial charge < -0.3 is 19.4 Å². The monoisotopic (exact) mass is 881 g/mol. The molecule has 350 valence electrons. The topological polar surface area (TPSA) is 25.3 Å². The molecule has 0 fully saturated rings. The second kappa shape index (κ2) is 39.6. The van der Waals surface area contributed by atoms with Crippen LogP contribution in [0.15, 0.2) is 47.5 Å². The molecule has 0 atom stereocenters. The smallest absolute Gasteiger partial charge is 0.493 e. The van der Waals surface area contributed by atoms with Crippen molar-refractivity contribution in [2.45, 2.75) is 261 Å². The second-order valence-electron chi connectivity index (χ2n) is 17.9. The maximum absolute atomic E-state index is 12.6. The van der Waals surface area contributed by atoms with E-state index in [-0.39, 0.29) is 16.5 Å². The van der Waals surface area contributed by atoms with Gasteiger partial charge in [0.1, 0.15) is 0 Å². The van der Waals surface area contributed by atoms with Gasteiger partial charge in [0, 0.05) is 22.3 Å². The van der Waals surface area contributed by atoms with Crippen LogP contribution in [0.25, 0.3) is 16.9 Å². The Kier molecular flexibility index (Phi) is 38.3. The van der Waals surface area contributed by atoms with Crippen LogP contribution in [0.3, 0.4) is 0 Å². The maximum Gasteiger partial charge on any atom is 2.00 e. The summed E-state index contributed by atoms with van der Waals surface area (Å²) in [7, 11) is 0. The summed E-state index contributed by atoms with van der Waals surface area (Å²) in [6.45, 7) is 25.3. The van der Waals surface area contributed by atoms with Crippen molar-refractivity contribution in [1.29, 1.82) is 0 Å². The first kappa shape index (κ1) is 59.0. The fourth-order valence-corrected chi connectivity index (χ4v) is 8.25. The molecule has 0 bridgehead atoms. The Hall–Kier alpha value is -1.99. The van der Waals surface area contributed by atoms with E-state index in [0.29, 0.717) is 0 Å². The van der Waals surface area contributed by atoms with Crippen molar-refractivity contribution in [1.82, 2.24) is 0 Å². The van der Waals surface area contributed by atoms with Crippen LogP contribution in [0.2, 0.25) is 0 Å². The number of allylic oxidation sites excluding steroid dienone is 2. The number of hydrogen-bond donors (Lipinski definition) is 0. The van der Waals surface area contributed by atoms with Crippen LogP contribution in [0, 0.1) is 13.8 Å². The first-order chi connectivity index (χ1) is 29.3. The van der Waals surface area contributed by atoms with Crippen molar-refractivity contribution in [2.24, 2.45) is 0 Å². The van der Waals surface area contributed by atoms with Gasteiger partial charge in [0.25, 0.3) is 0 Å². The van der Waals surface area contributed by atoms with Gasteiger partial charge in [-0.15, -0.1) is 0 Å². The van der Waals surface area contributed by atoms with Crippen LogP contribution in [-0.4, -0.2) is 4.70 Å². The van der Waals surface area contributed by atoms with Gasteiger partial charge in [-0.05, 0) is 124 Å². The quantitative estimate of drug-likeness (QED) is 0.0303. The predicted octanol–water partition coefficient (Wildman–Crippen LogP) is 19.7. The Bertz CT molecular complexity index is 1380. The minimum atomic E-state index is 0. The summed E-state index contributed by atoms with van der Waals surface area (Å²) in [6.07, 6.45) is 39.1. The molecule has 0 aliphatic carbocycles. The molecule has 0 saturated carbocycles. The number of unbranched alkanes of at least 4 members (excludes halogenated alkanes) is 18. The Morgan fingerprint density at radius 3 is 0.869 bits per heavy atom. The van der Waals surface area contributed by atoms with Crippen molar-refractivity contribution >= 4 is 11.4 Å². The number of nitrogens with zero attached hydrogens (tertiary/aromatic N) is 2. The summed E-state index contributed by atoms with van der Waals surface area (Å²) in [5, 5.41) is 0. The third-order valence-corrected chi connectivity index (χ3v) is 12.1. The zero-order valence-electron chi connectivity index (χ0n) is 41.7. The molecule has 0 saturated heterocycles. The number of rotatable bonds is 32. The molecule has 1 heterocycles. The van der Waals surface area contributed by atoms with E-state index in [1.54, 1.807) is 4.70 Å². The van der Waals surface area contributed by atoms with Crippen molar-refractivity contribution in [3.63, 3.8) is 0 Å². The maximum atomic E-state index is 12.6. The molecule has 0 amide bonds. The molecule has 0 unspecified atom stereocenters. The van der Waals surface area contributed by atoms with E-state index in [0.717, 1.165) is 88.4 Å². The molecule has 0 spiro atoms. The van der Waals surface area contributed by atoms with Crippen LogP contribution >= 0.6 is 0 Å². The van der Waals surface area contributed by atoms with Crippen molar-refractivity contribution < 1.29 is 21.2 Å². The molecule has 0 N–H and O–H groups in total. The van der Waals surface area contributed by atoms with Gasteiger partial charge in [0.15, 0.2) is 0 Å². The van der Waals surface area contributed by atoms with Crippen molar-refractivity contribution in [3.8, 4) is 0 Å². The molecular weight excluding hydrogens is 783 g/mol. The number of benzene rings is 2. The van der Waals surface area contributed by atoms with E-state index in [9.17, 15) is 5.53 Å². The standard InChI is InChI=1S/C50H80N2.2C4H9.Ni/c1-7-13-19-21-23-27-31-43-36-44(32-28-24-22-20-14-8-2)40-46(39-43)50-48(34-18-12-6)47(33-17-11-5)49(52(50)51)45-37-41(29-25-15-9-3)35-42(38-45)30-26-16-10-4;2*1-3-4-2;/h35-40H,7-34H2,1-6H3;2*1,3-4H2,2H3;/q;2*-1;+2. The Labute approximate surface area is 391 Å². The minimum absolute atomic E-state index is 0. The first-order valence-electron chi connectivity index (χ1n) is 26.1. The Morgan fingerprint density at radius 1 is 0.344 bits per heavy atom. The van der Waals surface area contributed by atoms with E-state index in [1.165, 1.54) is 173 Å². The van der Waals surface area contributed by atoms with Gasteiger partial charge in [-0.25, -0.2) is 4.70 Å².